The van der Waals surface area contributed by atoms with Crippen molar-refractivity contribution in [2.75, 3.05) is 6.61 Å². The van der Waals surface area contributed by atoms with Crippen molar-refractivity contribution < 1.29 is 14.6 Å². The van der Waals surface area contributed by atoms with Crippen LogP contribution in [-0.2, 0) is 9.53 Å². The van der Waals surface area contributed by atoms with Gasteiger partial charge in [0.25, 0.3) is 0 Å². The first-order chi connectivity index (χ1) is 6.62. The van der Waals surface area contributed by atoms with Crippen LogP contribution >= 0.6 is 0 Å². The number of carbonyl (C=O) groups is 1. The summed E-state index contributed by atoms with van der Waals surface area (Å²) in [5, 5.41) is 8.50. The zero-order chi connectivity index (χ0) is 12.1. The first-order valence-electron chi connectivity index (χ1n) is 5.06. The third-order valence-electron chi connectivity index (χ3n) is 2.01. The molecule has 5 heteroatoms. The summed E-state index contributed by atoms with van der Waals surface area (Å²) in [7, 11) is 5.77. The minimum atomic E-state index is -0.885. The monoisotopic (exact) mass is 213 g/mol. The number of hydrogen-bond donors (Lipinski definition) is 2. The van der Waals surface area contributed by atoms with Crippen molar-refractivity contribution in [2.24, 2.45) is 5.73 Å². The molecule has 0 spiro atoms. The maximum absolute atomic E-state index is 10.3. The van der Waals surface area contributed by atoms with Crippen molar-refractivity contribution >= 4 is 13.8 Å². The summed E-state index contributed by atoms with van der Waals surface area (Å²) in [4.78, 5) is 10.3. The Kier molecular flexibility index (Phi) is 5.31. The van der Waals surface area contributed by atoms with Crippen molar-refractivity contribution in [1.82, 2.24) is 0 Å². The Morgan fingerprint density at radius 2 is 1.93 bits per heavy atom. The average molecular weight is 213 g/mol. The fraction of sp³-hybridized carbons (Fsp3) is 0.900. The molecule has 2 radical (unpaired) electrons. The zero-order valence-electron chi connectivity index (χ0n) is 9.75. The van der Waals surface area contributed by atoms with E-state index in [9.17, 15) is 4.79 Å². The van der Waals surface area contributed by atoms with Crippen LogP contribution in [0.5, 0.6) is 0 Å². The molecule has 0 aliphatic rings. The third kappa shape index (κ3) is 9.75. The van der Waals surface area contributed by atoms with Gasteiger partial charge in [-0.3, -0.25) is 4.79 Å². The SMILES string of the molecule is [B]C(C)(CCC(=O)O)OCCC(C)(C)N. The number of hydrogen-bond acceptors (Lipinski definition) is 3. The summed E-state index contributed by atoms with van der Waals surface area (Å²) in [6.07, 6.45) is 0.999. The van der Waals surface area contributed by atoms with Crippen molar-refractivity contribution in [1.29, 1.82) is 0 Å². The van der Waals surface area contributed by atoms with E-state index in [-0.39, 0.29) is 12.0 Å². The molecule has 0 rings (SSSR count). The number of nitrogens with two attached hydrogens (primary N) is 1. The molecular weight excluding hydrogens is 193 g/mol. The highest BCUT2D eigenvalue weighted by Gasteiger charge is 2.20. The molecular formula is C10H20BNO3. The lowest BCUT2D eigenvalue weighted by atomic mass is 9.79. The maximum Gasteiger partial charge on any atom is 0.303 e. The van der Waals surface area contributed by atoms with Crippen molar-refractivity contribution in [3.63, 3.8) is 0 Å². The standard InChI is InChI=1S/C10H20BNO3/c1-9(2,12)6-7-15-10(3,11)5-4-8(13)14/h4-7,12H2,1-3H3,(H,13,14). The first-order valence-corrected chi connectivity index (χ1v) is 5.06. The highest BCUT2D eigenvalue weighted by Crippen LogP contribution is 2.15. The number of ether oxygens (including phenoxy) is 1. The Hall–Kier alpha value is -0.545. The van der Waals surface area contributed by atoms with Crippen molar-refractivity contribution in [3.05, 3.63) is 0 Å². The lowest BCUT2D eigenvalue weighted by Crippen LogP contribution is -2.36. The van der Waals surface area contributed by atoms with E-state index in [1.807, 2.05) is 13.8 Å². The van der Waals surface area contributed by atoms with Crippen LogP contribution in [-0.4, -0.2) is 36.6 Å². The molecule has 0 amide bonds. The van der Waals surface area contributed by atoms with Gasteiger partial charge in [-0.1, -0.05) is 0 Å². The molecule has 0 aliphatic heterocycles. The van der Waals surface area contributed by atoms with Gasteiger partial charge < -0.3 is 15.6 Å². The average Bonchev–Trinajstić information content (AvgIpc) is 1.98. The van der Waals surface area contributed by atoms with Crippen LogP contribution in [0.3, 0.4) is 0 Å². The summed E-state index contributed by atoms with van der Waals surface area (Å²) in [6.45, 7) is 5.93. The smallest absolute Gasteiger partial charge is 0.303 e. The fourth-order valence-electron chi connectivity index (χ4n) is 0.975. The van der Waals surface area contributed by atoms with E-state index in [2.05, 4.69) is 0 Å². The summed E-state index contributed by atoms with van der Waals surface area (Å²) in [5.41, 5.74) is 4.60. The van der Waals surface area contributed by atoms with E-state index in [1.54, 1.807) is 6.92 Å². The molecule has 4 nitrogen and oxygen atoms in total. The lowest BCUT2D eigenvalue weighted by Gasteiger charge is -2.27. The molecule has 0 saturated carbocycles. The van der Waals surface area contributed by atoms with E-state index in [0.717, 1.165) is 0 Å². The Bertz CT molecular complexity index is 211. The topological polar surface area (TPSA) is 72.5 Å². The highest BCUT2D eigenvalue weighted by molar-refractivity contribution is 6.14. The first kappa shape index (κ1) is 14.5. The van der Waals surface area contributed by atoms with Crippen LogP contribution in [0.2, 0.25) is 0 Å². The lowest BCUT2D eigenvalue weighted by molar-refractivity contribution is -0.138. The van der Waals surface area contributed by atoms with E-state index in [1.165, 1.54) is 0 Å². The van der Waals surface area contributed by atoms with Gasteiger partial charge in [-0.25, -0.2) is 0 Å². The largest absolute Gasteiger partial charge is 0.481 e. The molecule has 0 fully saturated rings. The van der Waals surface area contributed by atoms with Crippen LogP contribution in [0.4, 0.5) is 0 Å². The molecule has 1 unspecified atom stereocenters. The van der Waals surface area contributed by atoms with Gasteiger partial charge in [0.2, 0.25) is 0 Å². The van der Waals surface area contributed by atoms with Crippen LogP contribution in [0.1, 0.15) is 40.0 Å². The van der Waals surface area contributed by atoms with Crippen molar-refractivity contribution in [2.45, 2.75) is 51.1 Å². The van der Waals surface area contributed by atoms with Gasteiger partial charge in [-0.05, 0) is 33.6 Å². The number of aliphatic carboxylic acids is 1. The van der Waals surface area contributed by atoms with E-state index in [0.29, 0.717) is 19.4 Å². The summed E-state index contributed by atoms with van der Waals surface area (Å²) >= 11 is 0. The van der Waals surface area contributed by atoms with Gasteiger partial charge in [0.15, 0.2) is 0 Å². The Balaban J connectivity index is 3.78. The number of carboxylic acids is 1. The van der Waals surface area contributed by atoms with Crippen LogP contribution in [0.15, 0.2) is 0 Å². The predicted octanol–water partition coefficient (Wildman–Crippen LogP) is 0.880. The van der Waals surface area contributed by atoms with Crippen LogP contribution in [0.25, 0.3) is 0 Å². The predicted molar refractivity (Wildman–Crippen MR) is 59.9 cm³/mol. The van der Waals surface area contributed by atoms with Gasteiger partial charge in [0, 0.05) is 24.1 Å². The maximum atomic E-state index is 10.3. The summed E-state index contributed by atoms with van der Waals surface area (Å²) < 4.78 is 5.39. The molecule has 86 valence electrons. The van der Waals surface area contributed by atoms with Gasteiger partial charge in [-0.2, -0.15) is 0 Å². The Morgan fingerprint density at radius 1 is 1.40 bits per heavy atom. The van der Waals surface area contributed by atoms with Gasteiger partial charge >= 0.3 is 5.97 Å². The Labute approximate surface area is 92.6 Å². The van der Waals surface area contributed by atoms with Crippen LogP contribution in [0, 0.1) is 0 Å². The molecule has 0 aromatic heterocycles. The van der Waals surface area contributed by atoms with Gasteiger partial charge in [0.05, 0.1) is 0 Å². The number of rotatable bonds is 7. The number of carboxylic acid groups (broad SMARTS) is 1. The quantitative estimate of drug-likeness (QED) is 0.615. The van der Waals surface area contributed by atoms with E-state index < -0.39 is 11.5 Å². The fourth-order valence-corrected chi connectivity index (χ4v) is 0.975. The third-order valence-corrected chi connectivity index (χ3v) is 2.01. The minimum absolute atomic E-state index is 0.0129. The zero-order valence-corrected chi connectivity index (χ0v) is 9.75. The molecule has 0 bridgehead atoms. The van der Waals surface area contributed by atoms with Gasteiger partial charge in [0.1, 0.15) is 7.85 Å². The molecule has 0 aromatic rings. The van der Waals surface area contributed by atoms with Crippen LogP contribution < -0.4 is 5.73 Å². The molecule has 15 heavy (non-hydrogen) atoms. The van der Waals surface area contributed by atoms with E-state index in [4.69, 9.17) is 23.4 Å². The Morgan fingerprint density at radius 3 is 2.33 bits per heavy atom. The van der Waals surface area contributed by atoms with Gasteiger partial charge in [-0.15, -0.1) is 0 Å². The molecule has 0 aliphatic carbocycles. The van der Waals surface area contributed by atoms with Crippen molar-refractivity contribution in [3.8, 4) is 0 Å². The summed E-state index contributed by atoms with van der Waals surface area (Å²) in [6, 6.07) is 0. The minimum Gasteiger partial charge on any atom is -0.481 e. The molecule has 0 aromatic carbocycles. The second-order valence-corrected chi connectivity index (χ2v) is 4.79. The second kappa shape index (κ2) is 5.51. The normalized spacial score (nSPS) is 16.0. The molecule has 1 atom stereocenters. The highest BCUT2D eigenvalue weighted by atomic mass is 16.5. The second-order valence-electron chi connectivity index (χ2n) is 4.79. The molecule has 0 heterocycles. The molecule has 3 N–H and O–H groups in total. The van der Waals surface area contributed by atoms with E-state index >= 15 is 0 Å². The summed E-state index contributed by atoms with van der Waals surface area (Å²) in [5.74, 6) is -0.866. The molecule has 0 saturated heterocycles.